The first-order chi connectivity index (χ1) is 13.5. The lowest BCUT2D eigenvalue weighted by molar-refractivity contribution is -0.118. The Morgan fingerprint density at radius 3 is 2.25 bits per heavy atom. The number of Topliss-reactive ketones (excluding diaryl/α,β-unsaturated/α-hetero) is 1. The molecule has 0 fully saturated rings. The van der Waals surface area contributed by atoms with Gasteiger partial charge in [0.25, 0.3) is 5.91 Å². The number of anilines is 1. The van der Waals surface area contributed by atoms with Crippen LogP contribution < -0.4 is 24.3 Å². The van der Waals surface area contributed by atoms with Gasteiger partial charge in [0.05, 0.1) is 25.9 Å². The fourth-order valence-corrected chi connectivity index (χ4v) is 2.51. The summed E-state index contributed by atoms with van der Waals surface area (Å²) < 4.78 is 21.7. The van der Waals surface area contributed by atoms with Gasteiger partial charge in [-0.05, 0) is 45.0 Å². The number of amides is 1. The van der Waals surface area contributed by atoms with Crippen LogP contribution in [0.15, 0.2) is 36.4 Å². The summed E-state index contributed by atoms with van der Waals surface area (Å²) in [6, 6.07) is 10.00. The van der Waals surface area contributed by atoms with Crippen molar-refractivity contribution in [3.05, 3.63) is 42.0 Å². The normalized spacial score (nSPS) is 10.1. The minimum absolute atomic E-state index is 0.161. The molecule has 0 unspecified atom stereocenters. The maximum Gasteiger partial charge on any atom is 0.262 e. The van der Waals surface area contributed by atoms with Crippen LogP contribution >= 0.6 is 0 Å². The van der Waals surface area contributed by atoms with Gasteiger partial charge in [0.1, 0.15) is 11.5 Å². The zero-order valence-corrected chi connectivity index (χ0v) is 16.5. The Morgan fingerprint density at radius 2 is 1.61 bits per heavy atom. The first-order valence-electron chi connectivity index (χ1n) is 8.99. The van der Waals surface area contributed by atoms with Gasteiger partial charge in [-0.3, -0.25) is 9.59 Å². The van der Waals surface area contributed by atoms with Gasteiger partial charge in [-0.2, -0.15) is 0 Å². The highest BCUT2D eigenvalue weighted by Crippen LogP contribution is 2.30. The molecule has 1 amide bonds. The van der Waals surface area contributed by atoms with Crippen LogP contribution in [0.1, 0.15) is 31.1 Å². The Morgan fingerprint density at radius 1 is 0.893 bits per heavy atom. The highest BCUT2D eigenvalue weighted by atomic mass is 16.5. The van der Waals surface area contributed by atoms with E-state index in [4.69, 9.17) is 18.9 Å². The van der Waals surface area contributed by atoms with E-state index in [1.807, 2.05) is 13.8 Å². The van der Waals surface area contributed by atoms with Gasteiger partial charge < -0.3 is 24.3 Å². The summed E-state index contributed by atoms with van der Waals surface area (Å²) in [6.07, 6.45) is 0. The third-order valence-electron chi connectivity index (χ3n) is 3.75. The summed E-state index contributed by atoms with van der Waals surface area (Å²) in [5.74, 6) is 1.46. The number of ketones is 1. The Labute approximate surface area is 164 Å². The molecule has 0 spiro atoms. The van der Waals surface area contributed by atoms with Crippen LogP contribution in [0, 0.1) is 0 Å². The van der Waals surface area contributed by atoms with Gasteiger partial charge in [0, 0.05) is 17.8 Å². The topological polar surface area (TPSA) is 83.1 Å². The highest BCUT2D eigenvalue weighted by Gasteiger charge is 2.13. The van der Waals surface area contributed by atoms with Gasteiger partial charge in [-0.15, -0.1) is 0 Å². The third kappa shape index (κ3) is 5.64. The highest BCUT2D eigenvalue weighted by molar-refractivity contribution is 5.97. The zero-order valence-electron chi connectivity index (χ0n) is 16.5. The molecule has 28 heavy (non-hydrogen) atoms. The number of rotatable bonds is 10. The maximum absolute atomic E-state index is 12.3. The summed E-state index contributed by atoms with van der Waals surface area (Å²) in [7, 11) is 1.52. The van der Waals surface area contributed by atoms with Crippen molar-refractivity contribution in [1.82, 2.24) is 0 Å². The molecule has 0 atom stereocenters. The van der Waals surface area contributed by atoms with Crippen LogP contribution in [0.2, 0.25) is 0 Å². The molecule has 0 aliphatic rings. The van der Waals surface area contributed by atoms with Crippen molar-refractivity contribution < 1.29 is 28.5 Å². The number of benzene rings is 2. The molecular formula is C21H25NO6. The van der Waals surface area contributed by atoms with E-state index in [9.17, 15) is 9.59 Å². The molecule has 0 radical (unpaired) electrons. The van der Waals surface area contributed by atoms with Crippen LogP contribution in [0.25, 0.3) is 0 Å². The van der Waals surface area contributed by atoms with E-state index >= 15 is 0 Å². The Bertz CT molecular complexity index is 834. The molecular weight excluding hydrogens is 362 g/mol. The molecule has 2 aromatic carbocycles. The number of carbonyl (C=O) groups excluding carboxylic acids is 2. The Balaban J connectivity index is 2.07. The Kier molecular flexibility index (Phi) is 7.68. The van der Waals surface area contributed by atoms with Crippen LogP contribution in [-0.2, 0) is 4.79 Å². The SMILES string of the molecule is CCOc1ccc(NC(=O)COc2cc(OC)ccc2C(C)=O)cc1OCC. The average molecular weight is 387 g/mol. The lowest BCUT2D eigenvalue weighted by atomic mass is 10.1. The molecule has 0 saturated heterocycles. The van der Waals surface area contributed by atoms with Crippen LogP contribution in [0.3, 0.4) is 0 Å². The summed E-state index contributed by atoms with van der Waals surface area (Å²) in [5.41, 5.74) is 0.936. The number of ether oxygens (including phenoxy) is 4. The lowest BCUT2D eigenvalue weighted by Gasteiger charge is -2.14. The molecule has 1 N–H and O–H groups in total. The molecule has 7 nitrogen and oxygen atoms in total. The molecule has 150 valence electrons. The predicted octanol–water partition coefficient (Wildman–Crippen LogP) is 3.71. The van der Waals surface area contributed by atoms with Crippen molar-refractivity contribution in [2.75, 3.05) is 32.2 Å². The van der Waals surface area contributed by atoms with Gasteiger partial charge in [-0.1, -0.05) is 0 Å². The van der Waals surface area contributed by atoms with Gasteiger partial charge >= 0.3 is 0 Å². The zero-order chi connectivity index (χ0) is 20.5. The summed E-state index contributed by atoms with van der Waals surface area (Å²) in [6.45, 7) is 5.92. The van der Waals surface area contributed by atoms with E-state index in [1.165, 1.54) is 14.0 Å². The molecule has 2 rings (SSSR count). The largest absolute Gasteiger partial charge is 0.497 e. The van der Waals surface area contributed by atoms with E-state index in [-0.39, 0.29) is 18.3 Å². The van der Waals surface area contributed by atoms with Crippen LogP contribution in [0.4, 0.5) is 5.69 Å². The molecule has 0 aliphatic carbocycles. The number of nitrogens with one attached hydrogen (secondary N) is 1. The average Bonchev–Trinajstić information content (AvgIpc) is 2.68. The minimum Gasteiger partial charge on any atom is -0.497 e. The predicted molar refractivity (Wildman–Crippen MR) is 106 cm³/mol. The van der Waals surface area contributed by atoms with E-state index < -0.39 is 0 Å². The smallest absolute Gasteiger partial charge is 0.262 e. The second-order valence-corrected chi connectivity index (χ2v) is 5.78. The number of carbonyl (C=O) groups is 2. The standard InChI is InChI=1S/C21H25NO6/c1-5-26-18-10-7-15(11-20(18)27-6-2)22-21(24)13-28-19-12-16(25-4)8-9-17(19)14(3)23/h7-12H,5-6,13H2,1-4H3,(H,22,24). The second kappa shape index (κ2) is 10.2. The molecule has 0 aromatic heterocycles. The van der Waals surface area contributed by atoms with Gasteiger partial charge in [0.2, 0.25) is 0 Å². The van der Waals surface area contributed by atoms with Gasteiger partial charge in [-0.25, -0.2) is 0 Å². The first-order valence-corrected chi connectivity index (χ1v) is 8.99. The number of hydrogen-bond acceptors (Lipinski definition) is 6. The van der Waals surface area contributed by atoms with Crippen molar-refractivity contribution in [2.24, 2.45) is 0 Å². The number of hydrogen-bond donors (Lipinski definition) is 1. The lowest BCUT2D eigenvalue weighted by Crippen LogP contribution is -2.20. The minimum atomic E-state index is -0.371. The summed E-state index contributed by atoms with van der Waals surface area (Å²) in [5, 5.41) is 2.74. The quantitative estimate of drug-likeness (QED) is 0.626. The monoisotopic (exact) mass is 387 g/mol. The van der Waals surface area contributed by atoms with Crippen molar-refractivity contribution in [3.63, 3.8) is 0 Å². The fraction of sp³-hybridized carbons (Fsp3) is 0.333. The third-order valence-corrected chi connectivity index (χ3v) is 3.75. The van der Waals surface area contributed by atoms with Crippen molar-refractivity contribution >= 4 is 17.4 Å². The van der Waals surface area contributed by atoms with E-state index in [1.54, 1.807) is 36.4 Å². The second-order valence-electron chi connectivity index (χ2n) is 5.78. The maximum atomic E-state index is 12.3. The molecule has 0 aliphatic heterocycles. The molecule has 0 bridgehead atoms. The van der Waals surface area contributed by atoms with Crippen LogP contribution in [-0.4, -0.2) is 38.6 Å². The fourth-order valence-electron chi connectivity index (χ4n) is 2.51. The first kappa shape index (κ1) is 21.1. The van der Waals surface area contributed by atoms with Crippen molar-refractivity contribution in [3.8, 4) is 23.0 Å². The molecule has 2 aromatic rings. The summed E-state index contributed by atoms with van der Waals surface area (Å²) in [4.78, 5) is 24.0. The Hall–Kier alpha value is -3.22. The molecule has 0 saturated carbocycles. The molecule has 0 heterocycles. The summed E-state index contributed by atoms with van der Waals surface area (Å²) >= 11 is 0. The van der Waals surface area contributed by atoms with Gasteiger partial charge in [0.15, 0.2) is 23.9 Å². The van der Waals surface area contributed by atoms with E-state index in [0.717, 1.165) is 0 Å². The van der Waals surface area contributed by atoms with E-state index in [2.05, 4.69) is 5.32 Å². The van der Waals surface area contributed by atoms with Crippen LogP contribution in [0.5, 0.6) is 23.0 Å². The van der Waals surface area contributed by atoms with Crippen molar-refractivity contribution in [1.29, 1.82) is 0 Å². The van der Waals surface area contributed by atoms with E-state index in [0.29, 0.717) is 47.5 Å². The van der Waals surface area contributed by atoms with Crippen molar-refractivity contribution in [2.45, 2.75) is 20.8 Å². The molecule has 7 heteroatoms. The number of methoxy groups -OCH3 is 1.